The number of unbranched alkanes of at least 4 members (excludes halogenated alkanes) is 1. The third kappa shape index (κ3) is 22.6. The molecule has 1 rings (SSSR count). The van der Waals surface area contributed by atoms with Crippen LogP contribution in [0.3, 0.4) is 0 Å². The molecule has 0 aliphatic carbocycles. The number of nitrogens with two attached hydrogens (primary N) is 4. The molecule has 7 atom stereocenters. The Labute approximate surface area is 390 Å². The van der Waals surface area contributed by atoms with E-state index in [4.69, 9.17) is 22.9 Å². The Morgan fingerprint density at radius 3 is 1.81 bits per heavy atom. The van der Waals surface area contributed by atoms with E-state index in [1.165, 1.54) is 19.2 Å². The van der Waals surface area contributed by atoms with Crippen molar-refractivity contribution in [3.05, 3.63) is 29.8 Å². The summed E-state index contributed by atoms with van der Waals surface area (Å²) in [6.07, 6.45) is -0.316. The highest BCUT2D eigenvalue weighted by atomic mass is 32.2. The molecule has 0 aliphatic heterocycles. The number of phenols is 1. The van der Waals surface area contributed by atoms with Crippen molar-refractivity contribution in [3.63, 3.8) is 0 Å². The van der Waals surface area contributed by atoms with Gasteiger partial charge in [0.25, 0.3) is 0 Å². The lowest BCUT2D eigenvalue weighted by molar-refractivity contribution is -0.140. The maximum atomic E-state index is 13.9. The summed E-state index contributed by atoms with van der Waals surface area (Å²) >= 11 is 0. The van der Waals surface area contributed by atoms with Crippen LogP contribution >= 0.6 is 0 Å². The van der Waals surface area contributed by atoms with E-state index < -0.39 is 156 Å². The molecule has 0 fully saturated rings. The lowest BCUT2D eigenvalue weighted by Crippen LogP contribution is -2.60. The Morgan fingerprint density at radius 2 is 1.25 bits per heavy atom. The number of carbonyl (C=O) groups is 10. The molecular weight excluding hydrogens is 899 g/mol. The fraction of sp³-hybridized carbons (Fsp3) is 0.619. The number of hydrogen-bond donors (Lipinski definition) is 11. The molecule has 0 spiro atoms. The van der Waals surface area contributed by atoms with Crippen LogP contribution in [0.5, 0.6) is 5.75 Å². The molecule has 1 aromatic rings. The van der Waals surface area contributed by atoms with Gasteiger partial charge in [0.05, 0.1) is 31.3 Å². The number of phenolic OH excluding ortho intramolecular Hbond substituents is 1. The number of hydrogen-bond acceptors (Lipinski definition) is 14. The van der Waals surface area contributed by atoms with Crippen LogP contribution in [0, 0.1) is 5.92 Å². The number of amides is 10. The van der Waals surface area contributed by atoms with Crippen molar-refractivity contribution in [1.82, 2.24) is 36.8 Å². The number of benzene rings is 1. The van der Waals surface area contributed by atoms with Gasteiger partial charge >= 0.3 is 0 Å². The molecule has 0 heterocycles. The number of nitrogens with zero attached hydrogens (tertiary/aromatic N) is 1. The topological polar surface area (TPSA) is 405 Å². The van der Waals surface area contributed by atoms with Crippen LogP contribution < -0.4 is 54.8 Å². The maximum Gasteiger partial charge on any atom is 0.245 e. The van der Waals surface area contributed by atoms with Crippen molar-refractivity contribution in [2.75, 3.05) is 31.6 Å². The number of likely N-dealkylation sites (N-methyl/N-ethyl adjacent to an activating group) is 1. The monoisotopic (exact) mass is 967 g/mol. The van der Waals surface area contributed by atoms with E-state index in [1.807, 2.05) is 6.92 Å². The average Bonchev–Trinajstić information content (AvgIpc) is 3.25. The largest absolute Gasteiger partial charge is 0.508 e. The van der Waals surface area contributed by atoms with Gasteiger partial charge in [-0.05, 0) is 55.7 Å². The summed E-state index contributed by atoms with van der Waals surface area (Å²) in [7, 11) is -2.60. The van der Waals surface area contributed by atoms with Gasteiger partial charge < -0.3 is 64.8 Å². The summed E-state index contributed by atoms with van der Waals surface area (Å²) in [5.74, 6) is -10.6. The van der Waals surface area contributed by atoms with Gasteiger partial charge in [0, 0.05) is 19.2 Å². The molecule has 0 aromatic heterocycles. The molecule has 0 saturated heterocycles. The molecule has 67 heavy (non-hydrogen) atoms. The quantitative estimate of drug-likeness (QED) is 0.0332. The van der Waals surface area contributed by atoms with E-state index in [1.54, 1.807) is 32.9 Å². The Balaban J connectivity index is 3.41. The number of sulfone groups is 1. The first kappa shape index (κ1) is 58.6. The second kappa shape index (κ2) is 29.3. The van der Waals surface area contributed by atoms with Gasteiger partial charge in [-0.15, -0.1) is 0 Å². The number of carbonyl (C=O) groups excluding carboxylic acids is 10. The van der Waals surface area contributed by atoms with Gasteiger partial charge in [-0.3, -0.25) is 47.9 Å². The maximum absolute atomic E-state index is 13.9. The first-order valence-corrected chi connectivity index (χ1v) is 23.8. The molecule has 24 nitrogen and oxygen atoms in total. The lowest BCUT2D eigenvalue weighted by Gasteiger charge is -2.29. The van der Waals surface area contributed by atoms with E-state index in [2.05, 4.69) is 31.9 Å². The molecular formula is C42H69N11O13S. The Bertz CT molecular complexity index is 2000. The summed E-state index contributed by atoms with van der Waals surface area (Å²) in [4.78, 5) is 131. The standard InChI is InChI=1S/C42H69N11O13S/c1-6-9-10-28(38(60)47-22-34(46)57)48-35(58)23-53(5)42(64)30(17-19-67(65,66)18-7-2)50-40(62)31(21-33(45)56)51-39(61)29(15-16-32(44)55)49-41(63)36(24(4)8-3)52-37(59)27(43)20-25-11-13-26(54)14-12-25/h11-14,24,27-31,36,54H,6-10,15-23,43H2,1-5H3,(H2,44,55)(H2,45,56)(H2,46,57)(H,47,60)(H,48,58)(H,49,63)(H,50,62)(H,51,61)(H,52,59)/t24-,27+,28-,29-,30-,31-,36-/m0/s1. The number of primary amides is 3. The molecule has 0 saturated carbocycles. The summed E-state index contributed by atoms with van der Waals surface area (Å²) < 4.78 is 25.5. The molecule has 1 aromatic carbocycles. The van der Waals surface area contributed by atoms with E-state index in [9.17, 15) is 61.5 Å². The van der Waals surface area contributed by atoms with E-state index in [0.717, 1.165) is 4.90 Å². The summed E-state index contributed by atoms with van der Waals surface area (Å²) in [5.41, 5.74) is 22.6. The fourth-order valence-electron chi connectivity index (χ4n) is 6.45. The zero-order chi connectivity index (χ0) is 51.0. The highest BCUT2D eigenvalue weighted by molar-refractivity contribution is 7.91. The van der Waals surface area contributed by atoms with Crippen LogP contribution in [0.15, 0.2) is 24.3 Å². The van der Waals surface area contributed by atoms with E-state index in [-0.39, 0.29) is 30.8 Å². The number of rotatable bonds is 32. The smallest absolute Gasteiger partial charge is 0.245 e. The van der Waals surface area contributed by atoms with Crippen molar-refractivity contribution >= 4 is 68.9 Å². The van der Waals surface area contributed by atoms with Gasteiger partial charge in [0.2, 0.25) is 59.1 Å². The molecule has 0 radical (unpaired) electrons. The molecule has 25 heteroatoms. The molecule has 0 unspecified atom stereocenters. The summed E-state index contributed by atoms with van der Waals surface area (Å²) in [5, 5.41) is 24.1. The van der Waals surface area contributed by atoms with Gasteiger partial charge in [-0.1, -0.05) is 59.1 Å². The van der Waals surface area contributed by atoms with Crippen LogP contribution in [0.1, 0.15) is 91.0 Å². The van der Waals surface area contributed by atoms with Crippen molar-refractivity contribution in [2.45, 2.75) is 128 Å². The predicted octanol–water partition coefficient (Wildman–Crippen LogP) is -3.66. The molecule has 0 bridgehead atoms. The minimum atomic E-state index is -3.77. The van der Waals surface area contributed by atoms with Crippen molar-refractivity contribution in [1.29, 1.82) is 0 Å². The second-order valence-corrected chi connectivity index (χ2v) is 18.6. The van der Waals surface area contributed by atoms with Gasteiger partial charge in [0.1, 0.15) is 45.8 Å². The minimum Gasteiger partial charge on any atom is -0.508 e. The van der Waals surface area contributed by atoms with Crippen LogP contribution in [0.2, 0.25) is 0 Å². The first-order chi connectivity index (χ1) is 31.3. The predicted molar refractivity (Wildman–Crippen MR) is 244 cm³/mol. The van der Waals surface area contributed by atoms with Crippen molar-refractivity contribution in [3.8, 4) is 5.75 Å². The van der Waals surface area contributed by atoms with Crippen LogP contribution in [0.4, 0.5) is 0 Å². The van der Waals surface area contributed by atoms with Gasteiger partial charge in [0.15, 0.2) is 0 Å². The summed E-state index contributed by atoms with van der Waals surface area (Å²) in [6, 6.07) is -2.69. The van der Waals surface area contributed by atoms with Crippen LogP contribution in [0.25, 0.3) is 0 Å². The molecule has 10 amide bonds. The lowest BCUT2D eigenvalue weighted by atomic mass is 9.96. The van der Waals surface area contributed by atoms with Gasteiger partial charge in [-0.2, -0.15) is 0 Å². The summed E-state index contributed by atoms with van der Waals surface area (Å²) in [6.45, 7) is 5.66. The fourth-order valence-corrected chi connectivity index (χ4v) is 7.88. The molecule has 15 N–H and O–H groups in total. The van der Waals surface area contributed by atoms with Crippen molar-refractivity contribution in [2.24, 2.45) is 28.9 Å². The second-order valence-electron chi connectivity index (χ2n) is 16.3. The first-order valence-electron chi connectivity index (χ1n) is 22.0. The highest BCUT2D eigenvalue weighted by Gasteiger charge is 2.35. The highest BCUT2D eigenvalue weighted by Crippen LogP contribution is 2.14. The van der Waals surface area contributed by atoms with E-state index in [0.29, 0.717) is 24.8 Å². The van der Waals surface area contributed by atoms with Crippen LogP contribution in [-0.4, -0.2) is 145 Å². The molecule has 0 aliphatic rings. The third-order valence-corrected chi connectivity index (χ3v) is 12.3. The number of aromatic hydroxyl groups is 1. The zero-order valence-electron chi connectivity index (χ0n) is 38.8. The number of nitrogens with one attached hydrogen (secondary N) is 6. The van der Waals surface area contributed by atoms with E-state index >= 15 is 0 Å². The SMILES string of the molecule is CCCC[C@H](NC(=O)CN(C)C(=O)[C@H](CCS(=O)(=O)CCC)NC(=O)[C@H](CC(N)=O)NC(=O)[C@H](CCC(N)=O)NC(=O)[C@@H](NC(=O)[C@H](N)Cc1ccc(O)cc1)[C@@H](C)CC)C(=O)NCC(N)=O. The Kier molecular flexibility index (Phi) is 25.7. The van der Waals surface area contributed by atoms with Gasteiger partial charge in [-0.25, -0.2) is 8.42 Å². The average molecular weight is 968 g/mol. The Morgan fingerprint density at radius 1 is 0.672 bits per heavy atom. The van der Waals surface area contributed by atoms with Crippen LogP contribution in [-0.2, 0) is 64.2 Å². The minimum absolute atomic E-state index is 0.00554. The van der Waals surface area contributed by atoms with Crippen molar-refractivity contribution < 1.29 is 61.5 Å². The normalized spacial score (nSPS) is 14.3. The third-order valence-electron chi connectivity index (χ3n) is 10.4. The molecule has 376 valence electrons. The zero-order valence-corrected chi connectivity index (χ0v) is 39.6. The Hall–Kier alpha value is -6.37.